The first-order valence-corrected chi connectivity index (χ1v) is 9.76. The highest BCUT2D eigenvalue weighted by Gasteiger charge is 2.33. The minimum atomic E-state index is -4.50. The van der Waals surface area contributed by atoms with E-state index in [1.807, 2.05) is 0 Å². The molecule has 2 aromatic heterocycles. The number of pyridine rings is 1. The van der Waals surface area contributed by atoms with E-state index in [9.17, 15) is 22.4 Å². The number of hydrogen-bond donors (Lipinski definition) is 0. The standard InChI is InChI=1S/C19H14Cl2F4N4O/c20-13-7-14(21)15(22)6-12(13)18(30)28-5-1-2-10(8-28)17-27-26-16-4-3-11(9-29(16)17)19(23,24)25/h3-4,6-7,9-10H,1-2,5,8H2. The van der Waals surface area contributed by atoms with Crippen molar-refractivity contribution in [2.24, 2.45) is 0 Å². The van der Waals surface area contributed by atoms with Gasteiger partial charge in [-0.15, -0.1) is 10.2 Å². The number of hydrogen-bond acceptors (Lipinski definition) is 3. The lowest BCUT2D eigenvalue weighted by Crippen LogP contribution is -2.39. The maximum atomic E-state index is 13.8. The second-order valence-corrected chi connectivity index (χ2v) is 7.85. The van der Waals surface area contributed by atoms with Crippen LogP contribution in [-0.2, 0) is 6.18 Å². The van der Waals surface area contributed by atoms with Crippen LogP contribution in [0.15, 0.2) is 30.5 Å². The Bertz CT molecular complexity index is 1130. The summed E-state index contributed by atoms with van der Waals surface area (Å²) in [5.74, 6) is -1.25. The topological polar surface area (TPSA) is 50.5 Å². The van der Waals surface area contributed by atoms with E-state index in [0.29, 0.717) is 25.2 Å². The van der Waals surface area contributed by atoms with Crippen LogP contribution in [0.4, 0.5) is 17.6 Å². The third-order valence-electron chi connectivity index (χ3n) is 5.07. The number of benzene rings is 1. The van der Waals surface area contributed by atoms with E-state index in [4.69, 9.17) is 23.2 Å². The average molecular weight is 461 g/mol. The number of likely N-dealkylation sites (tertiary alicyclic amines) is 1. The van der Waals surface area contributed by atoms with Crippen molar-refractivity contribution in [1.29, 1.82) is 0 Å². The summed E-state index contributed by atoms with van der Waals surface area (Å²) in [5, 5.41) is 7.83. The summed E-state index contributed by atoms with van der Waals surface area (Å²) < 4.78 is 54.4. The lowest BCUT2D eigenvalue weighted by molar-refractivity contribution is -0.137. The Morgan fingerprint density at radius 2 is 1.90 bits per heavy atom. The van der Waals surface area contributed by atoms with Gasteiger partial charge in [0.25, 0.3) is 5.91 Å². The second-order valence-electron chi connectivity index (χ2n) is 7.04. The lowest BCUT2D eigenvalue weighted by atomic mass is 9.96. The zero-order chi connectivity index (χ0) is 21.6. The number of halogens is 6. The number of carbonyl (C=O) groups is 1. The van der Waals surface area contributed by atoms with Gasteiger partial charge in [-0.1, -0.05) is 23.2 Å². The highest BCUT2D eigenvalue weighted by Crippen LogP contribution is 2.32. The molecule has 1 atom stereocenters. The van der Waals surface area contributed by atoms with Crippen molar-refractivity contribution in [3.05, 3.63) is 63.3 Å². The molecule has 5 nitrogen and oxygen atoms in total. The smallest absolute Gasteiger partial charge is 0.338 e. The van der Waals surface area contributed by atoms with E-state index in [1.54, 1.807) is 0 Å². The molecule has 0 N–H and O–H groups in total. The van der Waals surface area contributed by atoms with E-state index in [1.165, 1.54) is 15.4 Å². The van der Waals surface area contributed by atoms with E-state index < -0.39 is 23.5 Å². The van der Waals surface area contributed by atoms with Gasteiger partial charge in [-0.3, -0.25) is 9.20 Å². The van der Waals surface area contributed by atoms with E-state index >= 15 is 0 Å². The molecule has 1 unspecified atom stereocenters. The Morgan fingerprint density at radius 3 is 2.63 bits per heavy atom. The zero-order valence-corrected chi connectivity index (χ0v) is 16.8. The van der Waals surface area contributed by atoms with Gasteiger partial charge in [-0.05, 0) is 37.1 Å². The van der Waals surface area contributed by atoms with Crippen molar-refractivity contribution < 1.29 is 22.4 Å². The molecule has 1 amide bonds. The quantitative estimate of drug-likeness (QED) is 0.389. The van der Waals surface area contributed by atoms with Crippen LogP contribution in [-0.4, -0.2) is 38.5 Å². The van der Waals surface area contributed by atoms with Crippen LogP contribution >= 0.6 is 23.2 Å². The summed E-state index contributed by atoms with van der Waals surface area (Å²) in [5.41, 5.74) is -0.558. The molecule has 3 aromatic rings. The second kappa shape index (κ2) is 7.70. The Labute approximate surface area is 178 Å². The molecule has 1 aliphatic rings. The molecule has 4 rings (SSSR count). The van der Waals surface area contributed by atoms with Crippen LogP contribution in [0.3, 0.4) is 0 Å². The number of rotatable bonds is 2. The van der Waals surface area contributed by atoms with Gasteiger partial charge in [0, 0.05) is 25.2 Å². The fourth-order valence-corrected chi connectivity index (χ4v) is 4.05. The molecule has 1 aliphatic heterocycles. The first-order valence-electron chi connectivity index (χ1n) is 9.01. The van der Waals surface area contributed by atoms with Gasteiger partial charge in [0.2, 0.25) is 0 Å². The molecule has 0 spiro atoms. The van der Waals surface area contributed by atoms with Crippen molar-refractivity contribution in [2.45, 2.75) is 24.9 Å². The van der Waals surface area contributed by atoms with Crippen molar-refractivity contribution >= 4 is 34.8 Å². The first-order chi connectivity index (χ1) is 14.1. The Morgan fingerprint density at radius 1 is 1.13 bits per heavy atom. The monoisotopic (exact) mass is 460 g/mol. The molecule has 158 valence electrons. The summed E-state index contributed by atoms with van der Waals surface area (Å²) in [4.78, 5) is 14.4. The summed E-state index contributed by atoms with van der Waals surface area (Å²) in [6.45, 7) is 0.594. The third kappa shape index (κ3) is 3.83. The molecule has 1 aromatic carbocycles. The van der Waals surface area contributed by atoms with Gasteiger partial charge >= 0.3 is 6.18 Å². The number of aromatic nitrogens is 3. The minimum Gasteiger partial charge on any atom is -0.338 e. The lowest BCUT2D eigenvalue weighted by Gasteiger charge is -2.32. The van der Waals surface area contributed by atoms with Gasteiger partial charge in [0.15, 0.2) is 5.65 Å². The number of alkyl halides is 3. The van der Waals surface area contributed by atoms with Gasteiger partial charge in [0.1, 0.15) is 11.6 Å². The van der Waals surface area contributed by atoms with Gasteiger partial charge < -0.3 is 4.90 Å². The van der Waals surface area contributed by atoms with Gasteiger partial charge in [0.05, 0.1) is 21.2 Å². The molecule has 0 saturated carbocycles. The van der Waals surface area contributed by atoms with Crippen molar-refractivity contribution in [3.63, 3.8) is 0 Å². The summed E-state index contributed by atoms with van der Waals surface area (Å²) >= 11 is 11.7. The van der Waals surface area contributed by atoms with Crippen LogP contribution < -0.4 is 0 Å². The molecule has 30 heavy (non-hydrogen) atoms. The largest absolute Gasteiger partial charge is 0.417 e. The molecule has 0 aliphatic carbocycles. The van der Waals surface area contributed by atoms with Crippen LogP contribution in [0.5, 0.6) is 0 Å². The molecule has 0 bridgehead atoms. The maximum absolute atomic E-state index is 13.8. The summed E-state index contributed by atoms with van der Waals surface area (Å²) in [6.07, 6.45) is -2.34. The van der Waals surface area contributed by atoms with Crippen molar-refractivity contribution in [2.75, 3.05) is 13.1 Å². The molecule has 0 radical (unpaired) electrons. The van der Waals surface area contributed by atoms with E-state index in [0.717, 1.165) is 24.4 Å². The Hall–Kier alpha value is -2.39. The molecular formula is C19H14Cl2F4N4O. The number of fused-ring (bicyclic) bond motifs is 1. The highest BCUT2D eigenvalue weighted by molar-refractivity contribution is 6.36. The van der Waals surface area contributed by atoms with Crippen LogP contribution in [0.1, 0.15) is 40.5 Å². The minimum absolute atomic E-state index is 0.0234. The normalized spacial score (nSPS) is 17.5. The fraction of sp³-hybridized carbons (Fsp3) is 0.316. The van der Waals surface area contributed by atoms with Crippen LogP contribution in [0, 0.1) is 5.82 Å². The van der Waals surface area contributed by atoms with Crippen molar-refractivity contribution in [1.82, 2.24) is 19.5 Å². The fourth-order valence-electron chi connectivity index (χ4n) is 3.58. The summed E-state index contributed by atoms with van der Waals surface area (Å²) in [6, 6.07) is 4.35. The predicted molar refractivity (Wildman–Crippen MR) is 102 cm³/mol. The number of carbonyl (C=O) groups excluding carboxylic acids is 1. The first kappa shape index (κ1) is 20.9. The number of amides is 1. The van der Waals surface area contributed by atoms with Crippen LogP contribution in [0.2, 0.25) is 10.0 Å². The molecule has 1 fully saturated rings. The number of nitrogens with zero attached hydrogens (tertiary/aromatic N) is 4. The zero-order valence-electron chi connectivity index (χ0n) is 15.3. The average Bonchev–Trinajstić information content (AvgIpc) is 3.13. The Balaban J connectivity index is 1.63. The maximum Gasteiger partial charge on any atom is 0.417 e. The summed E-state index contributed by atoms with van der Waals surface area (Å²) in [7, 11) is 0. The highest BCUT2D eigenvalue weighted by atomic mass is 35.5. The molecule has 1 saturated heterocycles. The van der Waals surface area contributed by atoms with Gasteiger partial charge in [-0.2, -0.15) is 13.2 Å². The van der Waals surface area contributed by atoms with Crippen LogP contribution in [0.25, 0.3) is 5.65 Å². The van der Waals surface area contributed by atoms with E-state index in [2.05, 4.69) is 10.2 Å². The molecule has 3 heterocycles. The third-order valence-corrected chi connectivity index (χ3v) is 5.67. The molecule has 11 heteroatoms. The van der Waals surface area contributed by atoms with E-state index in [-0.39, 0.29) is 33.7 Å². The SMILES string of the molecule is O=C(c1cc(F)c(Cl)cc1Cl)N1CCCC(c2nnc3ccc(C(F)(F)F)cn23)C1. The van der Waals surface area contributed by atoms with Gasteiger partial charge in [-0.25, -0.2) is 4.39 Å². The molecular weight excluding hydrogens is 447 g/mol. The predicted octanol–water partition coefficient (Wildman–Crippen LogP) is 5.21. The Kier molecular flexibility index (Phi) is 5.36. The number of piperidine rings is 1. The van der Waals surface area contributed by atoms with Crippen molar-refractivity contribution in [3.8, 4) is 0 Å².